The van der Waals surface area contributed by atoms with Gasteiger partial charge in [-0.3, -0.25) is 10.2 Å². The fraction of sp³-hybridized carbons (Fsp3) is 1.00. The predicted molar refractivity (Wildman–Crippen MR) is 116 cm³/mol. The highest BCUT2D eigenvalue weighted by molar-refractivity contribution is 5.02. The molecular weight excluding hydrogens is 476 g/mol. The predicted octanol–water partition coefficient (Wildman–Crippen LogP) is 3.59. The molecule has 0 amide bonds. The van der Waals surface area contributed by atoms with E-state index >= 15 is 0 Å². The van der Waals surface area contributed by atoms with Crippen LogP contribution in [0.25, 0.3) is 0 Å². The molecule has 10 atom stereocenters. The van der Waals surface area contributed by atoms with Gasteiger partial charge in [-0.2, -0.15) is 26.3 Å². The maximum absolute atomic E-state index is 14.3. The molecule has 5 N–H and O–H groups in total. The zero-order valence-electron chi connectivity index (χ0n) is 19.8. The fourth-order valence-corrected chi connectivity index (χ4v) is 7.48. The summed E-state index contributed by atoms with van der Waals surface area (Å²) in [6.07, 6.45) is -5.66. The van der Waals surface area contributed by atoms with Crippen LogP contribution in [0.5, 0.6) is 0 Å². The number of nitrogens with zero attached hydrogens (tertiary/aromatic N) is 1. The van der Waals surface area contributed by atoms with Crippen LogP contribution in [0.1, 0.15) is 64.2 Å². The molecule has 5 aliphatic rings. The number of hydrogen-bond acceptors (Lipinski definition) is 6. The summed E-state index contributed by atoms with van der Waals surface area (Å²) in [4.78, 5) is 1.94. The van der Waals surface area contributed by atoms with E-state index < -0.39 is 60.8 Å². The minimum atomic E-state index is -4.45. The van der Waals surface area contributed by atoms with Crippen LogP contribution >= 0.6 is 0 Å². The molecule has 1 aliphatic carbocycles. The van der Waals surface area contributed by atoms with Crippen molar-refractivity contribution in [3.63, 3.8) is 0 Å². The lowest BCUT2D eigenvalue weighted by Crippen LogP contribution is -2.70. The fourth-order valence-electron chi connectivity index (χ4n) is 7.48. The molecule has 35 heavy (non-hydrogen) atoms. The molecule has 0 radical (unpaired) electrons. The third-order valence-corrected chi connectivity index (χ3v) is 9.10. The SMILES string of the molecule is NC1CC(C(F)(F)F)C2NC1C1NNC(O1)C(C(F)(F)F)C1CCCC(CCC[C@@H]3CCCN23)C1. The minimum Gasteiger partial charge on any atom is -0.340 e. The van der Waals surface area contributed by atoms with Crippen molar-refractivity contribution in [2.24, 2.45) is 29.4 Å². The molecule has 4 heterocycles. The van der Waals surface area contributed by atoms with E-state index in [0.29, 0.717) is 19.4 Å². The lowest BCUT2D eigenvalue weighted by atomic mass is 9.72. The molecule has 12 heteroatoms. The number of piperidine rings is 1. The van der Waals surface area contributed by atoms with Gasteiger partial charge in [-0.25, -0.2) is 10.9 Å². The Morgan fingerprint density at radius 1 is 0.800 bits per heavy atom. The summed E-state index contributed by atoms with van der Waals surface area (Å²) >= 11 is 0. The van der Waals surface area contributed by atoms with E-state index in [4.69, 9.17) is 10.5 Å². The van der Waals surface area contributed by atoms with Gasteiger partial charge in [-0.05, 0) is 56.9 Å². The van der Waals surface area contributed by atoms with Gasteiger partial charge in [-0.15, -0.1) is 0 Å². The summed E-state index contributed by atoms with van der Waals surface area (Å²) in [6.45, 7) is 0.568. The summed E-state index contributed by atoms with van der Waals surface area (Å²) in [5.41, 5.74) is 11.7. The number of halogens is 6. The lowest BCUT2D eigenvalue weighted by molar-refractivity contribution is -0.231. The van der Waals surface area contributed by atoms with Crippen molar-refractivity contribution in [3.05, 3.63) is 0 Å². The van der Waals surface area contributed by atoms with Crippen molar-refractivity contribution in [1.82, 2.24) is 21.1 Å². The summed E-state index contributed by atoms with van der Waals surface area (Å²) in [5.74, 6) is -3.67. The Balaban J connectivity index is 1.46. The number of nitrogens with two attached hydrogens (primary N) is 1. The minimum absolute atomic E-state index is 0.0306. The topological polar surface area (TPSA) is 74.6 Å². The van der Waals surface area contributed by atoms with Gasteiger partial charge in [0.1, 0.15) is 12.5 Å². The lowest BCUT2D eigenvalue weighted by Gasteiger charge is -2.48. The second-order valence-corrected chi connectivity index (χ2v) is 11.3. The van der Waals surface area contributed by atoms with Crippen molar-refractivity contribution in [3.8, 4) is 0 Å². The highest BCUT2D eigenvalue weighted by atomic mass is 19.4. The van der Waals surface area contributed by atoms with Gasteiger partial charge >= 0.3 is 12.4 Å². The van der Waals surface area contributed by atoms with Crippen LogP contribution in [-0.4, -0.2) is 60.5 Å². The third-order valence-electron chi connectivity index (χ3n) is 9.10. The number of nitrogens with one attached hydrogen (secondary N) is 3. The molecular formula is C23H37F6N5O. The maximum atomic E-state index is 14.3. The Hall–Kier alpha value is -0.660. The second kappa shape index (κ2) is 9.90. The second-order valence-electron chi connectivity index (χ2n) is 11.3. The zero-order valence-corrected chi connectivity index (χ0v) is 19.8. The number of alkyl halides is 6. The summed E-state index contributed by atoms with van der Waals surface area (Å²) in [6, 6.07) is -1.64. The Morgan fingerprint density at radius 2 is 1.49 bits per heavy atom. The van der Waals surface area contributed by atoms with Crippen LogP contribution in [0.3, 0.4) is 0 Å². The Labute approximate surface area is 202 Å². The smallest absolute Gasteiger partial charge is 0.340 e. The first-order chi connectivity index (χ1) is 16.5. The zero-order chi connectivity index (χ0) is 25.0. The first-order valence-corrected chi connectivity index (χ1v) is 13.1. The van der Waals surface area contributed by atoms with E-state index in [9.17, 15) is 26.3 Å². The largest absolute Gasteiger partial charge is 0.395 e. The first-order valence-electron chi connectivity index (χ1n) is 13.1. The number of ether oxygens (including phenoxy) is 1. The van der Waals surface area contributed by atoms with Gasteiger partial charge in [0.05, 0.1) is 24.0 Å². The number of hydrogen-bond donors (Lipinski definition) is 4. The number of hydrazine groups is 1. The van der Waals surface area contributed by atoms with Gasteiger partial charge < -0.3 is 10.5 Å². The van der Waals surface area contributed by atoms with E-state index in [1.165, 1.54) is 0 Å². The van der Waals surface area contributed by atoms with Gasteiger partial charge in [0.15, 0.2) is 0 Å². The summed E-state index contributed by atoms with van der Waals surface area (Å²) in [5, 5.41) is 3.10. The van der Waals surface area contributed by atoms with Crippen LogP contribution < -0.4 is 21.9 Å². The van der Waals surface area contributed by atoms with Crippen molar-refractivity contribution in [1.29, 1.82) is 0 Å². The molecule has 9 unspecified atom stereocenters. The summed E-state index contributed by atoms with van der Waals surface area (Å²) in [7, 11) is 0. The molecule has 0 aromatic rings. The average Bonchev–Trinajstić information content (AvgIpc) is 3.42. The van der Waals surface area contributed by atoms with E-state index in [1.54, 1.807) is 0 Å². The van der Waals surface area contributed by atoms with Gasteiger partial charge in [0, 0.05) is 12.1 Å². The molecule has 5 rings (SSSR count). The van der Waals surface area contributed by atoms with Gasteiger partial charge in [0.25, 0.3) is 0 Å². The molecule has 6 nitrogen and oxygen atoms in total. The Bertz CT molecular complexity index is 738. The highest BCUT2D eigenvalue weighted by Crippen LogP contribution is 2.46. The molecule has 202 valence electrons. The van der Waals surface area contributed by atoms with Crippen LogP contribution in [0.2, 0.25) is 0 Å². The van der Waals surface area contributed by atoms with E-state index in [1.807, 2.05) is 4.90 Å². The normalized spacial score (nSPS) is 46.0. The molecule has 4 saturated heterocycles. The van der Waals surface area contributed by atoms with Crippen LogP contribution in [0.4, 0.5) is 26.3 Å². The van der Waals surface area contributed by atoms with E-state index in [2.05, 4.69) is 16.2 Å². The standard InChI is InChI=1S/C23H37F6N5O/c24-22(25,26)15-11-16(30)18-21-33-32-20(35-21)17(23(27,28)29)13-6-1-4-12(10-13)5-2-7-14-8-3-9-34(14)19(15)31-18/h12-21,31-33H,1-11,30H2/t12?,13?,14-,15?,16?,17?,18?,19?,20?,21?/m1/s1. The van der Waals surface area contributed by atoms with E-state index in [0.717, 1.165) is 44.9 Å². The Kier molecular flexibility index (Phi) is 7.35. The molecule has 6 bridgehead atoms. The summed E-state index contributed by atoms with van der Waals surface area (Å²) < 4.78 is 91.0. The van der Waals surface area contributed by atoms with Gasteiger partial charge in [0.2, 0.25) is 0 Å². The Morgan fingerprint density at radius 3 is 2.20 bits per heavy atom. The average molecular weight is 514 g/mol. The molecule has 1 saturated carbocycles. The van der Waals surface area contributed by atoms with E-state index in [-0.39, 0.29) is 18.4 Å². The first kappa shape index (κ1) is 26.0. The number of rotatable bonds is 0. The van der Waals surface area contributed by atoms with Crippen LogP contribution in [-0.2, 0) is 4.74 Å². The van der Waals surface area contributed by atoms with Crippen molar-refractivity contribution >= 4 is 0 Å². The van der Waals surface area contributed by atoms with Gasteiger partial charge in [-0.1, -0.05) is 25.7 Å². The molecule has 4 aliphatic heterocycles. The van der Waals surface area contributed by atoms with Crippen molar-refractivity contribution < 1.29 is 31.1 Å². The van der Waals surface area contributed by atoms with Crippen LogP contribution in [0, 0.1) is 23.7 Å². The molecule has 0 spiro atoms. The molecule has 5 fully saturated rings. The maximum Gasteiger partial charge on any atom is 0.395 e. The van der Waals surface area contributed by atoms with Crippen molar-refractivity contribution in [2.75, 3.05) is 6.54 Å². The van der Waals surface area contributed by atoms with Crippen LogP contribution in [0.15, 0.2) is 0 Å². The monoisotopic (exact) mass is 513 g/mol. The molecule has 0 aromatic carbocycles. The number of fused-ring (bicyclic) bond motifs is 9. The molecule has 0 aromatic heterocycles. The van der Waals surface area contributed by atoms with Crippen molar-refractivity contribution in [2.45, 2.75) is 113 Å². The third kappa shape index (κ3) is 5.34. The highest BCUT2D eigenvalue weighted by Gasteiger charge is 2.57. The quantitative estimate of drug-likeness (QED) is 0.371.